The van der Waals surface area contributed by atoms with Crippen molar-refractivity contribution in [2.24, 2.45) is 5.92 Å². The number of aromatic nitrogens is 3. The van der Waals surface area contributed by atoms with Crippen LogP contribution in [0.25, 0.3) is 11.0 Å². The molecule has 5 heteroatoms. The highest BCUT2D eigenvalue weighted by Gasteiger charge is 2.24. The molecule has 3 heterocycles. The van der Waals surface area contributed by atoms with Crippen molar-refractivity contribution in [3.05, 3.63) is 59.7 Å². The van der Waals surface area contributed by atoms with E-state index < -0.39 is 0 Å². The maximum Gasteiger partial charge on any atom is 0.272 e. The van der Waals surface area contributed by atoms with Crippen LogP contribution < -0.4 is 0 Å². The number of likely N-dealkylation sites (tertiary alicyclic amines) is 1. The van der Waals surface area contributed by atoms with E-state index in [9.17, 15) is 4.79 Å². The van der Waals surface area contributed by atoms with Crippen LogP contribution in [0.1, 0.15) is 34.5 Å². The fraction of sp³-hybridized carbons (Fsp3) is 0.381. The Morgan fingerprint density at radius 1 is 1.12 bits per heavy atom. The molecule has 26 heavy (non-hydrogen) atoms. The van der Waals surface area contributed by atoms with E-state index >= 15 is 0 Å². The third-order valence-corrected chi connectivity index (χ3v) is 5.48. The van der Waals surface area contributed by atoms with Gasteiger partial charge in [0.05, 0.1) is 17.4 Å². The van der Waals surface area contributed by atoms with Crippen LogP contribution in [-0.2, 0) is 6.54 Å². The van der Waals surface area contributed by atoms with Crippen LogP contribution in [0.15, 0.2) is 42.9 Å². The average Bonchev–Trinajstić information content (AvgIpc) is 3.04. The summed E-state index contributed by atoms with van der Waals surface area (Å²) < 4.78 is 2.27. The quantitative estimate of drug-likeness (QED) is 0.727. The number of aryl methyl sites for hydroxylation is 2. The Labute approximate surface area is 153 Å². The van der Waals surface area contributed by atoms with Gasteiger partial charge in [0.25, 0.3) is 5.91 Å². The SMILES string of the molecule is Cc1cc2ncn(CC3CCN(C(=O)c4ccccn4)CC3)c2cc1C. The number of carbonyl (C=O) groups excluding carboxylic acids is 1. The molecule has 0 atom stereocenters. The van der Waals surface area contributed by atoms with Crippen LogP contribution in [0.4, 0.5) is 0 Å². The number of fused-ring (bicyclic) bond motifs is 1. The summed E-state index contributed by atoms with van der Waals surface area (Å²) in [5, 5.41) is 0. The highest BCUT2D eigenvalue weighted by Crippen LogP contribution is 2.24. The van der Waals surface area contributed by atoms with Gasteiger partial charge in [-0.05, 0) is 68.0 Å². The number of nitrogens with zero attached hydrogens (tertiary/aromatic N) is 4. The van der Waals surface area contributed by atoms with Crippen molar-refractivity contribution in [1.82, 2.24) is 19.4 Å². The first-order valence-electron chi connectivity index (χ1n) is 9.24. The summed E-state index contributed by atoms with van der Waals surface area (Å²) in [6.07, 6.45) is 5.66. The normalized spacial score (nSPS) is 15.5. The van der Waals surface area contributed by atoms with Crippen LogP contribution in [-0.4, -0.2) is 38.4 Å². The fourth-order valence-electron chi connectivity index (χ4n) is 3.71. The second-order valence-corrected chi connectivity index (χ2v) is 7.27. The molecule has 1 aliphatic rings. The second kappa shape index (κ2) is 6.90. The van der Waals surface area contributed by atoms with Crippen molar-refractivity contribution in [2.75, 3.05) is 13.1 Å². The van der Waals surface area contributed by atoms with E-state index in [1.807, 2.05) is 23.4 Å². The Hall–Kier alpha value is -2.69. The molecule has 1 aliphatic heterocycles. The van der Waals surface area contributed by atoms with Crippen molar-refractivity contribution in [1.29, 1.82) is 0 Å². The van der Waals surface area contributed by atoms with Gasteiger partial charge in [-0.1, -0.05) is 6.07 Å². The van der Waals surface area contributed by atoms with Gasteiger partial charge in [0.2, 0.25) is 0 Å². The molecule has 0 bridgehead atoms. The Morgan fingerprint density at radius 3 is 2.62 bits per heavy atom. The number of pyridine rings is 1. The lowest BCUT2D eigenvalue weighted by atomic mass is 9.96. The van der Waals surface area contributed by atoms with Crippen molar-refractivity contribution >= 4 is 16.9 Å². The molecule has 3 aromatic rings. The van der Waals surface area contributed by atoms with Crippen LogP contribution in [0.5, 0.6) is 0 Å². The van der Waals surface area contributed by atoms with Gasteiger partial charge in [-0.15, -0.1) is 0 Å². The summed E-state index contributed by atoms with van der Waals surface area (Å²) >= 11 is 0. The van der Waals surface area contributed by atoms with Crippen LogP contribution in [0, 0.1) is 19.8 Å². The Morgan fingerprint density at radius 2 is 1.88 bits per heavy atom. The predicted octanol–water partition coefficient (Wildman–Crippen LogP) is 3.60. The van der Waals surface area contributed by atoms with Gasteiger partial charge in [-0.25, -0.2) is 4.98 Å². The van der Waals surface area contributed by atoms with Crippen molar-refractivity contribution in [2.45, 2.75) is 33.2 Å². The van der Waals surface area contributed by atoms with Gasteiger partial charge in [0.1, 0.15) is 5.69 Å². The number of rotatable bonds is 3. The Kier molecular flexibility index (Phi) is 4.45. The summed E-state index contributed by atoms with van der Waals surface area (Å²) in [4.78, 5) is 23.2. The molecular weight excluding hydrogens is 324 g/mol. The van der Waals surface area contributed by atoms with Gasteiger partial charge in [0.15, 0.2) is 0 Å². The summed E-state index contributed by atoms with van der Waals surface area (Å²) in [7, 11) is 0. The number of hydrogen-bond acceptors (Lipinski definition) is 3. The smallest absolute Gasteiger partial charge is 0.272 e. The molecule has 0 N–H and O–H groups in total. The van der Waals surface area contributed by atoms with E-state index in [1.54, 1.807) is 12.3 Å². The van der Waals surface area contributed by atoms with Crippen molar-refractivity contribution in [3.8, 4) is 0 Å². The fourth-order valence-corrected chi connectivity index (χ4v) is 3.71. The maximum absolute atomic E-state index is 12.5. The molecule has 0 unspecified atom stereocenters. The monoisotopic (exact) mass is 348 g/mol. The number of amides is 1. The molecule has 2 aromatic heterocycles. The lowest BCUT2D eigenvalue weighted by Crippen LogP contribution is -2.39. The van der Waals surface area contributed by atoms with Gasteiger partial charge >= 0.3 is 0 Å². The highest BCUT2D eigenvalue weighted by atomic mass is 16.2. The zero-order chi connectivity index (χ0) is 18.1. The molecule has 5 nitrogen and oxygen atoms in total. The number of carbonyl (C=O) groups is 1. The largest absolute Gasteiger partial charge is 0.337 e. The minimum atomic E-state index is 0.0447. The minimum absolute atomic E-state index is 0.0447. The zero-order valence-corrected chi connectivity index (χ0v) is 15.4. The van der Waals surface area contributed by atoms with Crippen molar-refractivity contribution in [3.63, 3.8) is 0 Å². The Balaban J connectivity index is 1.41. The lowest BCUT2D eigenvalue weighted by molar-refractivity contribution is 0.0677. The molecule has 0 aliphatic carbocycles. The molecule has 0 radical (unpaired) electrons. The second-order valence-electron chi connectivity index (χ2n) is 7.27. The van der Waals surface area contributed by atoms with E-state index in [2.05, 4.69) is 40.5 Å². The number of imidazole rings is 1. The maximum atomic E-state index is 12.5. The molecule has 0 spiro atoms. The first kappa shape index (κ1) is 16.8. The predicted molar refractivity (Wildman–Crippen MR) is 102 cm³/mol. The topological polar surface area (TPSA) is 51.0 Å². The van der Waals surface area contributed by atoms with Gasteiger partial charge in [-0.3, -0.25) is 9.78 Å². The summed E-state index contributed by atoms with van der Waals surface area (Å²) in [6, 6.07) is 9.88. The zero-order valence-electron chi connectivity index (χ0n) is 15.4. The summed E-state index contributed by atoms with van der Waals surface area (Å²) in [6.45, 7) is 6.83. The van der Waals surface area contributed by atoms with E-state index in [1.165, 1.54) is 16.6 Å². The molecule has 0 saturated carbocycles. The number of hydrogen-bond donors (Lipinski definition) is 0. The number of benzene rings is 1. The van der Waals surface area contributed by atoms with E-state index in [0.29, 0.717) is 11.6 Å². The minimum Gasteiger partial charge on any atom is -0.337 e. The molecule has 1 saturated heterocycles. The molecule has 4 rings (SSSR count). The third-order valence-electron chi connectivity index (χ3n) is 5.48. The molecular formula is C21H24N4O. The summed E-state index contributed by atoms with van der Waals surface area (Å²) in [5.41, 5.74) is 5.40. The average molecular weight is 348 g/mol. The first-order chi connectivity index (χ1) is 12.6. The molecule has 1 aromatic carbocycles. The van der Waals surface area contributed by atoms with Gasteiger partial charge in [-0.2, -0.15) is 0 Å². The van der Waals surface area contributed by atoms with Gasteiger partial charge < -0.3 is 9.47 Å². The van der Waals surface area contributed by atoms with Crippen LogP contribution in [0.2, 0.25) is 0 Å². The lowest BCUT2D eigenvalue weighted by Gasteiger charge is -2.32. The Bertz CT molecular complexity index is 924. The number of piperidine rings is 1. The van der Waals surface area contributed by atoms with E-state index in [-0.39, 0.29) is 5.91 Å². The molecule has 1 amide bonds. The van der Waals surface area contributed by atoms with E-state index in [0.717, 1.165) is 38.0 Å². The standard InChI is InChI=1S/C21H24N4O/c1-15-11-19-20(12-16(15)2)25(14-23-19)13-17-6-9-24(10-7-17)21(26)18-5-3-4-8-22-18/h3-5,8,11-12,14,17H,6-7,9-10,13H2,1-2H3. The van der Waals surface area contributed by atoms with Crippen LogP contribution in [0.3, 0.4) is 0 Å². The van der Waals surface area contributed by atoms with E-state index in [4.69, 9.17) is 0 Å². The van der Waals surface area contributed by atoms with Crippen molar-refractivity contribution < 1.29 is 4.79 Å². The summed E-state index contributed by atoms with van der Waals surface area (Å²) in [5.74, 6) is 0.616. The highest BCUT2D eigenvalue weighted by molar-refractivity contribution is 5.92. The third kappa shape index (κ3) is 3.21. The van der Waals surface area contributed by atoms with Gasteiger partial charge in [0, 0.05) is 25.8 Å². The molecule has 1 fully saturated rings. The van der Waals surface area contributed by atoms with Crippen LogP contribution >= 0.6 is 0 Å². The first-order valence-corrected chi connectivity index (χ1v) is 9.24. The molecule has 134 valence electrons.